The van der Waals surface area contributed by atoms with Crippen LogP contribution in [-0.2, 0) is 27.3 Å². The number of benzene rings is 1. The van der Waals surface area contributed by atoms with E-state index in [-0.39, 0.29) is 37.6 Å². The van der Waals surface area contributed by atoms with Crippen molar-refractivity contribution < 1.29 is 28.6 Å². The number of esters is 1. The van der Waals surface area contributed by atoms with Crippen molar-refractivity contribution in [2.75, 3.05) is 13.2 Å². The number of rotatable bonds is 11. The van der Waals surface area contributed by atoms with Gasteiger partial charge >= 0.3 is 5.97 Å². The van der Waals surface area contributed by atoms with Crippen LogP contribution >= 0.6 is 0 Å². The molecule has 1 aromatic heterocycles. The summed E-state index contributed by atoms with van der Waals surface area (Å²) in [6.07, 6.45) is 3.70. The minimum atomic E-state index is -1.29. The van der Waals surface area contributed by atoms with Gasteiger partial charge < -0.3 is 19.5 Å². The molecule has 0 radical (unpaired) electrons. The number of aromatic nitrogens is 1. The van der Waals surface area contributed by atoms with Crippen molar-refractivity contribution in [2.45, 2.75) is 70.9 Å². The molecule has 1 saturated carbocycles. The number of hydrogen-bond donors (Lipinski definition) is 1. The quantitative estimate of drug-likeness (QED) is 0.209. The third-order valence-corrected chi connectivity index (χ3v) is 6.62. The number of carbonyl (C=O) groups is 2. The highest BCUT2D eigenvalue weighted by atomic mass is 19.1. The number of aryl methyl sites for hydroxylation is 1. The lowest BCUT2D eigenvalue weighted by molar-refractivity contribution is -0.757. The Labute approximate surface area is 213 Å². The Balaban J connectivity index is 1.84. The van der Waals surface area contributed by atoms with Gasteiger partial charge in [0.15, 0.2) is 0 Å². The average Bonchev–Trinajstić information content (AvgIpc) is 2.87. The molecule has 1 fully saturated rings. The highest BCUT2D eigenvalue weighted by Gasteiger charge is 2.43. The second-order valence-corrected chi connectivity index (χ2v) is 9.20. The molecule has 1 aromatic carbocycles. The molecule has 200 valence electrons. The van der Waals surface area contributed by atoms with Crippen LogP contribution in [0.2, 0.25) is 0 Å². The molecule has 1 amide bonds. The van der Waals surface area contributed by atoms with Crippen molar-refractivity contribution in [3.8, 4) is 0 Å². The average molecular weight is 518 g/mol. The smallest absolute Gasteiger partial charge is 0.331 e. The molecule has 3 rings (SSSR count). The first kappa shape index (κ1) is 27.8. The van der Waals surface area contributed by atoms with Gasteiger partial charge in [-0.25, -0.2) is 9.18 Å². The number of hydrogen-bond acceptors (Lipinski definition) is 7. The molecule has 11 heteroatoms. The van der Waals surface area contributed by atoms with E-state index >= 15 is 0 Å². The van der Waals surface area contributed by atoms with Crippen molar-refractivity contribution >= 4 is 11.9 Å². The predicted octanol–water partition coefficient (Wildman–Crippen LogP) is 3.48. The topological polar surface area (TPSA) is 130 Å². The molecule has 0 spiro atoms. The molecule has 37 heavy (non-hydrogen) atoms. The highest BCUT2D eigenvalue weighted by molar-refractivity contribution is 5.98. The standard InChI is InChI=1S/C26H32FN3O7/c1-3-22-18(2)16-21(24(32)29(22)17-19-8-10-20(27)11-9-19)23(31)28-26(12-5-4-6-13-26)25(33)36-14-7-15-37-30(34)35/h8-11,16H,3-7,12-15,17H2,1-2H3,(H,28,31). The van der Waals surface area contributed by atoms with Gasteiger partial charge in [0.05, 0.1) is 19.8 Å². The zero-order valence-corrected chi connectivity index (χ0v) is 21.1. The Morgan fingerprint density at radius 3 is 2.46 bits per heavy atom. The van der Waals surface area contributed by atoms with E-state index in [9.17, 15) is 28.9 Å². The molecule has 0 bridgehead atoms. The van der Waals surface area contributed by atoms with Crippen LogP contribution in [0.3, 0.4) is 0 Å². The van der Waals surface area contributed by atoms with Crippen molar-refractivity contribution in [1.82, 2.24) is 9.88 Å². The van der Waals surface area contributed by atoms with Crippen LogP contribution < -0.4 is 10.9 Å². The summed E-state index contributed by atoms with van der Waals surface area (Å²) in [6, 6.07) is 7.35. The fourth-order valence-corrected chi connectivity index (χ4v) is 4.74. The maximum Gasteiger partial charge on any atom is 0.331 e. The van der Waals surface area contributed by atoms with Gasteiger partial charge in [-0.1, -0.05) is 38.3 Å². The Bertz CT molecular complexity index is 1190. The molecule has 2 aromatic rings. The number of ether oxygens (including phenoxy) is 1. The normalized spacial score (nSPS) is 14.6. The zero-order valence-electron chi connectivity index (χ0n) is 21.1. The van der Waals surface area contributed by atoms with Crippen LogP contribution in [0.25, 0.3) is 0 Å². The summed E-state index contributed by atoms with van der Waals surface area (Å²) >= 11 is 0. The summed E-state index contributed by atoms with van der Waals surface area (Å²) in [7, 11) is 0. The molecule has 0 atom stereocenters. The molecule has 0 unspecified atom stereocenters. The summed E-state index contributed by atoms with van der Waals surface area (Å²) in [5, 5.41) is 12.1. The molecular formula is C26H32FN3O7. The van der Waals surface area contributed by atoms with Gasteiger partial charge in [-0.3, -0.25) is 9.59 Å². The fraction of sp³-hybridized carbons (Fsp3) is 0.500. The van der Waals surface area contributed by atoms with E-state index < -0.39 is 28.1 Å². The SMILES string of the molecule is CCc1c(C)cc(C(=O)NC2(C(=O)OCCCO[N+](=O)[O-])CCCCC2)c(=O)n1Cc1ccc(F)cc1. The first-order chi connectivity index (χ1) is 17.7. The summed E-state index contributed by atoms with van der Waals surface area (Å²) in [5.41, 5.74) is 0.346. The summed E-state index contributed by atoms with van der Waals surface area (Å²) < 4.78 is 20.2. The number of halogens is 1. The first-order valence-corrected chi connectivity index (χ1v) is 12.4. The minimum absolute atomic E-state index is 0.0889. The van der Waals surface area contributed by atoms with Crippen molar-refractivity contribution in [2.24, 2.45) is 0 Å². The van der Waals surface area contributed by atoms with Gasteiger partial charge in [0.2, 0.25) is 0 Å². The lowest BCUT2D eigenvalue weighted by Gasteiger charge is -2.35. The van der Waals surface area contributed by atoms with E-state index in [2.05, 4.69) is 10.2 Å². The van der Waals surface area contributed by atoms with Crippen LogP contribution in [0.4, 0.5) is 4.39 Å². The summed E-state index contributed by atoms with van der Waals surface area (Å²) in [5.74, 6) is -1.68. The second-order valence-electron chi connectivity index (χ2n) is 9.20. The lowest BCUT2D eigenvalue weighted by atomic mass is 9.81. The molecule has 10 nitrogen and oxygen atoms in total. The number of carbonyl (C=O) groups excluding carboxylic acids is 2. The number of nitrogens with zero attached hydrogens (tertiary/aromatic N) is 2. The Morgan fingerprint density at radius 1 is 1.16 bits per heavy atom. The summed E-state index contributed by atoms with van der Waals surface area (Å²) in [4.78, 5) is 54.4. The van der Waals surface area contributed by atoms with Gasteiger partial charge in [-0.05, 0) is 55.5 Å². The molecule has 1 aliphatic rings. The molecular weight excluding hydrogens is 485 g/mol. The molecule has 1 aliphatic carbocycles. The van der Waals surface area contributed by atoms with Crippen molar-refractivity contribution in [3.05, 3.63) is 79.0 Å². The number of amides is 1. The van der Waals surface area contributed by atoms with Crippen LogP contribution in [0.5, 0.6) is 0 Å². The third kappa shape index (κ3) is 6.93. The number of nitrogens with one attached hydrogen (secondary N) is 1. The van der Waals surface area contributed by atoms with E-state index in [0.29, 0.717) is 37.7 Å². The van der Waals surface area contributed by atoms with Crippen molar-refractivity contribution in [3.63, 3.8) is 0 Å². The van der Waals surface area contributed by atoms with Crippen LogP contribution in [0, 0.1) is 22.9 Å². The minimum Gasteiger partial charge on any atom is -0.464 e. The predicted molar refractivity (Wildman–Crippen MR) is 132 cm³/mol. The Kier molecular flexibility index (Phi) is 9.37. The van der Waals surface area contributed by atoms with Gasteiger partial charge in [0.25, 0.3) is 16.6 Å². The second kappa shape index (κ2) is 12.5. The summed E-state index contributed by atoms with van der Waals surface area (Å²) in [6.45, 7) is 3.58. The molecule has 1 heterocycles. The maximum atomic E-state index is 13.5. The maximum absolute atomic E-state index is 13.5. The van der Waals surface area contributed by atoms with Gasteiger partial charge in [-0.15, -0.1) is 10.1 Å². The van der Waals surface area contributed by atoms with Crippen LogP contribution in [-0.4, -0.2) is 40.3 Å². The lowest BCUT2D eigenvalue weighted by Crippen LogP contribution is -2.57. The molecule has 0 aliphatic heterocycles. The Morgan fingerprint density at radius 2 is 1.84 bits per heavy atom. The van der Waals surface area contributed by atoms with E-state index in [1.807, 2.05) is 13.8 Å². The Hall–Kier alpha value is -3.76. The van der Waals surface area contributed by atoms with Crippen LogP contribution in [0.15, 0.2) is 35.1 Å². The third-order valence-electron chi connectivity index (χ3n) is 6.62. The van der Waals surface area contributed by atoms with Gasteiger partial charge in [-0.2, -0.15) is 0 Å². The number of pyridine rings is 1. The molecule has 1 N–H and O–H groups in total. The molecule has 0 saturated heterocycles. The van der Waals surface area contributed by atoms with E-state index in [4.69, 9.17) is 4.74 Å². The highest BCUT2D eigenvalue weighted by Crippen LogP contribution is 2.30. The monoisotopic (exact) mass is 517 g/mol. The van der Waals surface area contributed by atoms with E-state index in [1.165, 1.54) is 22.8 Å². The van der Waals surface area contributed by atoms with E-state index in [0.717, 1.165) is 17.7 Å². The van der Waals surface area contributed by atoms with Crippen LogP contribution in [0.1, 0.15) is 72.6 Å². The van der Waals surface area contributed by atoms with Gasteiger partial charge in [0.1, 0.15) is 16.9 Å². The van der Waals surface area contributed by atoms with Gasteiger partial charge in [0, 0.05) is 12.1 Å². The van der Waals surface area contributed by atoms with Crippen molar-refractivity contribution in [1.29, 1.82) is 0 Å². The fourth-order valence-electron chi connectivity index (χ4n) is 4.74. The van der Waals surface area contributed by atoms with E-state index in [1.54, 1.807) is 12.1 Å². The first-order valence-electron chi connectivity index (χ1n) is 12.4. The largest absolute Gasteiger partial charge is 0.464 e. The zero-order chi connectivity index (χ0) is 27.0.